The number of carbonyl (C=O) groups excluding carboxylic acids is 1. The summed E-state index contributed by atoms with van der Waals surface area (Å²) < 4.78 is 12.6. The lowest BCUT2D eigenvalue weighted by Gasteiger charge is -2.29. The van der Waals surface area contributed by atoms with Crippen LogP contribution in [0.5, 0.6) is 11.5 Å². The fourth-order valence-electron chi connectivity index (χ4n) is 3.54. The molecule has 2 aromatic carbocycles. The van der Waals surface area contributed by atoms with Crippen LogP contribution in [0.3, 0.4) is 0 Å². The first-order valence-corrected chi connectivity index (χ1v) is 13.5. The lowest BCUT2D eigenvalue weighted by Crippen LogP contribution is -2.28. The molecule has 0 spiro atoms. The van der Waals surface area contributed by atoms with E-state index in [9.17, 15) is 4.79 Å². The second kappa shape index (κ2) is 13.5. The van der Waals surface area contributed by atoms with Crippen LogP contribution < -0.4 is 14.8 Å². The number of aryl methyl sites for hydroxylation is 1. The van der Waals surface area contributed by atoms with Crippen molar-refractivity contribution in [3.63, 3.8) is 0 Å². The van der Waals surface area contributed by atoms with Crippen LogP contribution in [0.15, 0.2) is 48.5 Å². The van der Waals surface area contributed by atoms with Crippen molar-refractivity contribution in [2.45, 2.75) is 105 Å². The van der Waals surface area contributed by atoms with E-state index in [2.05, 4.69) is 91.0 Å². The number of carbonyl (C=O) groups is 1. The van der Waals surface area contributed by atoms with Crippen LogP contribution in [0.4, 0.5) is 0 Å². The zero-order chi connectivity index (χ0) is 26.8. The molecular formula is C32H47NO3. The highest BCUT2D eigenvalue weighted by atomic mass is 16.5. The van der Waals surface area contributed by atoms with Crippen molar-refractivity contribution in [1.82, 2.24) is 5.32 Å². The third-order valence-corrected chi connectivity index (χ3v) is 6.72. The van der Waals surface area contributed by atoms with Gasteiger partial charge >= 0.3 is 0 Å². The average molecular weight is 494 g/mol. The second-order valence-electron chi connectivity index (χ2n) is 11.1. The van der Waals surface area contributed by atoms with E-state index in [-0.39, 0.29) is 17.1 Å². The average Bonchev–Trinajstić information content (AvgIpc) is 2.83. The van der Waals surface area contributed by atoms with Gasteiger partial charge in [-0.05, 0) is 94.5 Å². The highest BCUT2D eigenvalue weighted by Gasteiger charge is 2.21. The summed E-state index contributed by atoms with van der Waals surface area (Å²) in [6, 6.07) is 14.5. The molecule has 0 saturated carbocycles. The molecule has 2 rings (SSSR count). The maximum atomic E-state index is 12.2. The van der Waals surface area contributed by atoms with Crippen molar-refractivity contribution in [3.05, 3.63) is 65.2 Å². The fraction of sp³-hybridized carbons (Fsp3) is 0.531. The van der Waals surface area contributed by atoms with Crippen molar-refractivity contribution in [3.8, 4) is 11.5 Å². The van der Waals surface area contributed by atoms with E-state index in [0.29, 0.717) is 12.5 Å². The maximum absolute atomic E-state index is 12.2. The van der Waals surface area contributed by atoms with Crippen LogP contribution in [0.2, 0.25) is 0 Å². The largest absolute Gasteiger partial charge is 0.488 e. The van der Waals surface area contributed by atoms with E-state index in [0.717, 1.165) is 49.2 Å². The van der Waals surface area contributed by atoms with Crippen LogP contribution in [0, 0.1) is 0 Å². The minimum Gasteiger partial charge on any atom is -0.488 e. The minimum atomic E-state index is -0.247. The molecule has 0 atom stereocenters. The van der Waals surface area contributed by atoms with E-state index in [1.54, 1.807) is 6.08 Å². The Morgan fingerprint density at radius 1 is 0.917 bits per heavy atom. The smallest absolute Gasteiger partial charge is 0.243 e. The van der Waals surface area contributed by atoms with E-state index in [1.165, 1.54) is 11.1 Å². The van der Waals surface area contributed by atoms with Gasteiger partial charge in [-0.2, -0.15) is 0 Å². The van der Waals surface area contributed by atoms with Crippen molar-refractivity contribution in [2.24, 2.45) is 0 Å². The number of benzene rings is 2. The molecule has 4 heteroatoms. The summed E-state index contributed by atoms with van der Waals surface area (Å²) in [7, 11) is 0. The standard InChI is InChI=1S/C32H47NO3/c1-9-31(5,6)35-28-20-19-27(29(23-28)36-32(7,8)10-2)13-11-12-22-33-30(34)21-16-25-14-17-26(18-15-25)24(3)4/h14-21,23-24H,9-13,22H2,1-8H3,(H,33,34). The highest BCUT2D eigenvalue weighted by molar-refractivity contribution is 5.91. The molecule has 0 aliphatic carbocycles. The van der Waals surface area contributed by atoms with E-state index in [1.807, 2.05) is 18.2 Å². The number of nitrogens with one attached hydrogen (secondary N) is 1. The molecule has 0 saturated heterocycles. The maximum Gasteiger partial charge on any atom is 0.243 e. The number of unbranched alkanes of at least 4 members (excludes halogenated alkanes) is 1. The molecule has 2 aromatic rings. The van der Waals surface area contributed by atoms with Crippen LogP contribution in [0.25, 0.3) is 6.08 Å². The summed E-state index contributed by atoms with van der Waals surface area (Å²) in [6.07, 6.45) is 8.07. The molecule has 0 aliphatic heterocycles. The van der Waals surface area contributed by atoms with E-state index < -0.39 is 0 Å². The first kappa shape index (κ1) is 29.5. The quantitative estimate of drug-likeness (QED) is 0.214. The molecule has 1 N–H and O–H groups in total. The fourth-order valence-corrected chi connectivity index (χ4v) is 3.54. The normalized spacial score (nSPS) is 12.2. The minimum absolute atomic E-state index is 0.0586. The van der Waals surface area contributed by atoms with Crippen molar-refractivity contribution in [2.75, 3.05) is 6.54 Å². The molecule has 0 aromatic heterocycles. The molecule has 0 aliphatic rings. The topological polar surface area (TPSA) is 47.6 Å². The van der Waals surface area contributed by atoms with E-state index in [4.69, 9.17) is 9.47 Å². The van der Waals surface area contributed by atoms with Crippen LogP contribution in [-0.2, 0) is 11.2 Å². The molecule has 0 heterocycles. The molecule has 198 valence electrons. The van der Waals surface area contributed by atoms with E-state index >= 15 is 0 Å². The molecule has 36 heavy (non-hydrogen) atoms. The highest BCUT2D eigenvalue weighted by Crippen LogP contribution is 2.32. The summed E-state index contributed by atoms with van der Waals surface area (Å²) in [5.74, 6) is 2.18. The summed E-state index contributed by atoms with van der Waals surface area (Å²) in [4.78, 5) is 12.2. The van der Waals surface area contributed by atoms with Gasteiger partial charge in [0.05, 0.1) is 0 Å². The molecule has 0 fully saturated rings. The molecule has 4 nitrogen and oxygen atoms in total. The van der Waals surface area contributed by atoms with Gasteiger partial charge in [0.2, 0.25) is 5.91 Å². The monoisotopic (exact) mass is 493 g/mol. The predicted molar refractivity (Wildman–Crippen MR) is 152 cm³/mol. The van der Waals surface area contributed by atoms with Crippen molar-refractivity contribution < 1.29 is 14.3 Å². The zero-order valence-corrected chi connectivity index (χ0v) is 23.7. The van der Waals surface area contributed by atoms with Gasteiger partial charge in [0.25, 0.3) is 0 Å². The van der Waals surface area contributed by atoms with Gasteiger partial charge in [0.15, 0.2) is 0 Å². The Hall–Kier alpha value is -2.75. The number of hydrogen-bond donors (Lipinski definition) is 1. The molecular weight excluding hydrogens is 446 g/mol. The summed E-state index contributed by atoms with van der Waals surface area (Å²) in [6.45, 7) is 17.7. The van der Waals surface area contributed by atoms with Gasteiger partial charge in [-0.15, -0.1) is 0 Å². The number of ether oxygens (including phenoxy) is 2. The zero-order valence-electron chi connectivity index (χ0n) is 23.7. The Balaban J connectivity index is 1.89. The lowest BCUT2D eigenvalue weighted by molar-refractivity contribution is -0.116. The molecule has 1 amide bonds. The van der Waals surface area contributed by atoms with Crippen LogP contribution in [0.1, 0.15) is 104 Å². The Morgan fingerprint density at radius 3 is 2.17 bits per heavy atom. The second-order valence-corrected chi connectivity index (χ2v) is 11.1. The predicted octanol–water partition coefficient (Wildman–Crippen LogP) is 8.10. The first-order valence-electron chi connectivity index (χ1n) is 13.5. The number of hydrogen-bond acceptors (Lipinski definition) is 3. The molecule has 0 bridgehead atoms. The van der Waals surface area contributed by atoms with Crippen LogP contribution >= 0.6 is 0 Å². The van der Waals surface area contributed by atoms with Gasteiger partial charge in [0.1, 0.15) is 22.7 Å². The first-order chi connectivity index (χ1) is 16.9. The third kappa shape index (κ3) is 10.1. The van der Waals surface area contributed by atoms with Gasteiger partial charge < -0.3 is 14.8 Å². The summed E-state index contributed by atoms with van der Waals surface area (Å²) in [5, 5.41) is 3.00. The van der Waals surface area contributed by atoms with Gasteiger partial charge in [-0.3, -0.25) is 4.79 Å². The Kier molecular flexibility index (Phi) is 11.1. The van der Waals surface area contributed by atoms with Crippen molar-refractivity contribution >= 4 is 12.0 Å². The number of amides is 1. The van der Waals surface area contributed by atoms with Crippen LogP contribution in [-0.4, -0.2) is 23.7 Å². The lowest BCUT2D eigenvalue weighted by atomic mass is 10.0. The van der Waals surface area contributed by atoms with Crippen molar-refractivity contribution in [1.29, 1.82) is 0 Å². The SMILES string of the molecule is CCC(C)(C)Oc1ccc(CCCCNC(=O)C=Cc2ccc(C(C)C)cc2)c(OC(C)(C)CC)c1. The molecule has 0 unspecified atom stereocenters. The number of rotatable bonds is 14. The third-order valence-electron chi connectivity index (χ3n) is 6.72. The Labute approximate surface area is 219 Å². The molecule has 0 radical (unpaired) electrons. The summed E-state index contributed by atoms with van der Waals surface area (Å²) in [5.41, 5.74) is 3.04. The van der Waals surface area contributed by atoms with Gasteiger partial charge in [-0.1, -0.05) is 58.0 Å². The summed E-state index contributed by atoms with van der Waals surface area (Å²) >= 11 is 0. The Morgan fingerprint density at radius 2 is 1.56 bits per heavy atom. The van der Waals surface area contributed by atoms with Gasteiger partial charge in [-0.25, -0.2) is 0 Å². The van der Waals surface area contributed by atoms with Gasteiger partial charge in [0, 0.05) is 18.7 Å². The Bertz CT molecular complexity index is 987.